The second-order valence-corrected chi connectivity index (χ2v) is 6.85. The Labute approximate surface area is 166 Å². The Morgan fingerprint density at radius 2 is 2.07 bits per heavy atom. The largest absolute Gasteiger partial charge is 0.465 e. The Kier molecular flexibility index (Phi) is 5.30. The van der Waals surface area contributed by atoms with E-state index < -0.39 is 17.2 Å². The van der Waals surface area contributed by atoms with Crippen molar-refractivity contribution in [3.05, 3.63) is 57.5 Å². The number of nitrogens with zero attached hydrogens (tertiary/aromatic N) is 4. The number of hydrogen-bond donors (Lipinski definition) is 0. The Bertz CT molecular complexity index is 1140. The molecule has 152 valence electrons. The number of fused-ring (bicyclic) bond motifs is 1. The lowest BCUT2D eigenvalue weighted by Crippen LogP contribution is -2.42. The Morgan fingerprint density at radius 1 is 1.28 bits per heavy atom. The van der Waals surface area contributed by atoms with Crippen molar-refractivity contribution >= 4 is 17.1 Å². The van der Waals surface area contributed by atoms with E-state index >= 15 is 0 Å². The van der Waals surface area contributed by atoms with Gasteiger partial charge in [0.25, 0.3) is 5.56 Å². The number of para-hydroxylation sites is 1. The SMILES string of the molecule is CCOC(=O)Cn1cnc2c1c(=O)n(CC1CCCO1)c(=O)n2-c1ccccc1. The Balaban J connectivity index is 1.92. The second-order valence-electron chi connectivity index (χ2n) is 6.85. The molecule has 29 heavy (non-hydrogen) atoms. The van der Waals surface area contributed by atoms with Crippen molar-refractivity contribution in [2.75, 3.05) is 13.2 Å². The minimum absolute atomic E-state index is 0.158. The maximum Gasteiger partial charge on any atom is 0.337 e. The normalized spacial score (nSPS) is 16.4. The molecular weight excluding hydrogens is 376 g/mol. The number of imidazole rings is 1. The van der Waals surface area contributed by atoms with E-state index in [0.29, 0.717) is 12.3 Å². The third-order valence-electron chi connectivity index (χ3n) is 4.93. The summed E-state index contributed by atoms with van der Waals surface area (Å²) in [5, 5.41) is 0. The highest BCUT2D eigenvalue weighted by molar-refractivity contribution is 5.76. The third kappa shape index (κ3) is 3.61. The molecule has 0 saturated carbocycles. The summed E-state index contributed by atoms with van der Waals surface area (Å²) in [6.45, 7) is 2.57. The van der Waals surface area contributed by atoms with Crippen LogP contribution in [0.25, 0.3) is 16.9 Å². The van der Waals surface area contributed by atoms with Gasteiger partial charge in [-0.3, -0.25) is 14.2 Å². The van der Waals surface area contributed by atoms with E-state index in [-0.39, 0.29) is 37.0 Å². The van der Waals surface area contributed by atoms with Crippen molar-refractivity contribution in [2.45, 2.75) is 39.0 Å². The van der Waals surface area contributed by atoms with E-state index in [4.69, 9.17) is 9.47 Å². The minimum Gasteiger partial charge on any atom is -0.465 e. The van der Waals surface area contributed by atoms with Crippen LogP contribution in [0.2, 0.25) is 0 Å². The first-order valence-electron chi connectivity index (χ1n) is 9.63. The van der Waals surface area contributed by atoms with Gasteiger partial charge < -0.3 is 14.0 Å². The van der Waals surface area contributed by atoms with Crippen LogP contribution >= 0.6 is 0 Å². The van der Waals surface area contributed by atoms with Crippen molar-refractivity contribution in [1.82, 2.24) is 18.7 Å². The van der Waals surface area contributed by atoms with E-state index in [1.165, 1.54) is 20.0 Å². The van der Waals surface area contributed by atoms with Crippen molar-refractivity contribution in [3.63, 3.8) is 0 Å². The number of carbonyl (C=O) groups excluding carboxylic acids is 1. The van der Waals surface area contributed by atoms with E-state index in [0.717, 1.165) is 12.8 Å². The van der Waals surface area contributed by atoms with Crippen LogP contribution in [-0.4, -0.2) is 44.0 Å². The van der Waals surface area contributed by atoms with Gasteiger partial charge in [-0.1, -0.05) is 18.2 Å². The number of carbonyl (C=O) groups is 1. The van der Waals surface area contributed by atoms with Gasteiger partial charge in [-0.25, -0.2) is 14.3 Å². The molecule has 1 atom stereocenters. The summed E-state index contributed by atoms with van der Waals surface area (Å²) in [7, 11) is 0. The second kappa shape index (κ2) is 8.04. The molecule has 0 amide bonds. The molecule has 9 nitrogen and oxygen atoms in total. The fourth-order valence-electron chi connectivity index (χ4n) is 3.61. The van der Waals surface area contributed by atoms with Gasteiger partial charge in [0.15, 0.2) is 11.2 Å². The van der Waals surface area contributed by atoms with Crippen molar-refractivity contribution in [3.8, 4) is 5.69 Å². The van der Waals surface area contributed by atoms with Gasteiger partial charge in [0.05, 0.1) is 31.3 Å². The molecule has 1 unspecified atom stereocenters. The molecule has 1 aliphatic heterocycles. The van der Waals surface area contributed by atoms with Gasteiger partial charge in [-0.15, -0.1) is 0 Å². The molecule has 1 aromatic carbocycles. The van der Waals surface area contributed by atoms with Crippen LogP contribution in [0.15, 0.2) is 46.2 Å². The first-order chi connectivity index (χ1) is 14.1. The lowest BCUT2D eigenvalue weighted by atomic mass is 10.2. The average Bonchev–Trinajstić information content (AvgIpc) is 3.37. The number of hydrogen-bond acceptors (Lipinski definition) is 6. The van der Waals surface area contributed by atoms with Gasteiger partial charge in [-0.05, 0) is 31.9 Å². The molecule has 9 heteroatoms. The highest BCUT2D eigenvalue weighted by Crippen LogP contribution is 2.15. The van der Waals surface area contributed by atoms with Gasteiger partial charge in [0, 0.05) is 6.61 Å². The van der Waals surface area contributed by atoms with E-state index in [1.807, 2.05) is 6.07 Å². The molecule has 0 N–H and O–H groups in total. The van der Waals surface area contributed by atoms with Crippen LogP contribution in [0.1, 0.15) is 19.8 Å². The van der Waals surface area contributed by atoms with Crippen molar-refractivity contribution in [2.24, 2.45) is 0 Å². The zero-order valence-corrected chi connectivity index (χ0v) is 16.1. The van der Waals surface area contributed by atoms with Gasteiger partial charge in [0.1, 0.15) is 6.54 Å². The molecule has 0 spiro atoms. The topological polar surface area (TPSA) is 97.4 Å². The molecule has 3 aromatic rings. The lowest BCUT2D eigenvalue weighted by molar-refractivity contribution is -0.143. The summed E-state index contributed by atoms with van der Waals surface area (Å²) in [6, 6.07) is 8.99. The molecule has 1 saturated heterocycles. The van der Waals surface area contributed by atoms with Crippen molar-refractivity contribution in [1.29, 1.82) is 0 Å². The van der Waals surface area contributed by atoms with Crippen LogP contribution in [0.3, 0.4) is 0 Å². The maximum atomic E-state index is 13.3. The molecule has 1 aliphatic rings. The average molecular weight is 398 g/mol. The summed E-state index contributed by atoms with van der Waals surface area (Å²) in [5.41, 5.74) is 0.00336. The number of aromatic nitrogens is 4. The number of benzene rings is 1. The first kappa shape index (κ1) is 19.1. The first-order valence-corrected chi connectivity index (χ1v) is 9.63. The third-order valence-corrected chi connectivity index (χ3v) is 4.93. The van der Waals surface area contributed by atoms with Crippen LogP contribution in [-0.2, 0) is 27.4 Å². The van der Waals surface area contributed by atoms with E-state index in [1.54, 1.807) is 31.2 Å². The number of ether oxygens (including phenoxy) is 2. The molecular formula is C20H22N4O5. The van der Waals surface area contributed by atoms with E-state index in [2.05, 4.69) is 4.98 Å². The van der Waals surface area contributed by atoms with Crippen LogP contribution in [0.4, 0.5) is 0 Å². The standard InChI is InChI=1S/C20H22N4O5/c1-2-28-16(25)12-22-13-21-18-17(22)19(26)23(11-15-9-6-10-29-15)20(27)24(18)14-7-4-3-5-8-14/h3-5,7-8,13,15H,2,6,9-12H2,1H3. The summed E-state index contributed by atoms with van der Waals surface area (Å²) >= 11 is 0. The van der Waals surface area contributed by atoms with Crippen LogP contribution in [0.5, 0.6) is 0 Å². The van der Waals surface area contributed by atoms with E-state index in [9.17, 15) is 14.4 Å². The molecule has 3 heterocycles. The summed E-state index contributed by atoms with van der Waals surface area (Å²) in [6.07, 6.45) is 2.88. The van der Waals surface area contributed by atoms with Crippen LogP contribution < -0.4 is 11.2 Å². The molecule has 1 fully saturated rings. The zero-order chi connectivity index (χ0) is 20.4. The highest BCUT2D eigenvalue weighted by atomic mass is 16.5. The van der Waals surface area contributed by atoms with Gasteiger partial charge in [0.2, 0.25) is 0 Å². The maximum absolute atomic E-state index is 13.3. The Morgan fingerprint density at radius 3 is 2.76 bits per heavy atom. The highest BCUT2D eigenvalue weighted by Gasteiger charge is 2.24. The molecule has 0 radical (unpaired) electrons. The molecule has 0 aliphatic carbocycles. The fraction of sp³-hybridized carbons (Fsp3) is 0.400. The molecule has 4 rings (SSSR count). The Hall–Kier alpha value is -3.20. The fourth-order valence-corrected chi connectivity index (χ4v) is 3.61. The predicted octanol–water partition coefficient (Wildman–Crippen LogP) is 1.09. The monoisotopic (exact) mass is 398 g/mol. The zero-order valence-electron chi connectivity index (χ0n) is 16.1. The number of esters is 1. The number of rotatable bonds is 6. The summed E-state index contributed by atoms with van der Waals surface area (Å²) in [4.78, 5) is 42.7. The van der Waals surface area contributed by atoms with Gasteiger partial charge in [-0.2, -0.15) is 0 Å². The summed E-state index contributed by atoms with van der Waals surface area (Å²) in [5.74, 6) is -0.477. The van der Waals surface area contributed by atoms with Crippen LogP contribution in [0, 0.1) is 0 Å². The summed E-state index contributed by atoms with van der Waals surface area (Å²) < 4.78 is 14.6. The molecule has 2 aromatic heterocycles. The predicted molar refractivity (Wildman–Crippen MR) is 105 cm³/mol. The lowest BCUT2D eigenvalue weighted by Gasteiger charge is -2.15. The van der Waals surface area contributed by atoms with Crippen molar-refractivity contribution < 1.29 is 14.3 Å². The smallest absolute Gasteiger partial charge is 0.337 e. The van der Waals surface area contributed by atoms with Gasteiger partial charge >= 0.3 is 11.7 Å². The quantitative estimate of drug-likeness (QED) is 0.577. The molecule has 0 bridgehead atoms. The minimum atomic E-state index is -0.491.